The molecule has 1 rings (SSSR count). The summed E-state index contributed by atoms with van der Waals surface area (Å²) in [4.78, 5) is 10.9. The first-order valence-electron chi connectivity index (χ1n) is 4.34. The number of methoxy groups -OCH3 is 2. The summed E-state index contributed by atoms with van der Waals surface area (Å²) >= 11 is 0. The third-order valence-electron chi connectivity index (χ3n) is 1.85. The predicted molar refractivity (Wildman–Crippen MR) is 52.7 cm³/mol. The summed E-state index contributed by atoms with van der Waals surface area (Å²) in [6.45, 7) is 0.0594. The van der Waals surface area contributed by atoms with Crippen molar-refractivity contribution in [3.8, 4) is 5.75 Å². The van der Waals surface area contributed by atoms with Crippen LogP contribution in [-0.2, 0) is 11.3 Å². The van der Waals surface area contributed by atoms with Gasteiger partial charge in [-0.3, -0.25) is 5.21 Å². The van der Waals surface area contributed by atoms with E-state index in [2.05, 4.69) is 4.74 Å². The average molecular weight is 211 g/mol. The Morgan fingerprint density at radius 2 is 2.20 bits per heavy atom. The zero-order valence-corrected chi connectivity index (χ0v) is 8.64. The molecule has 0 heterocycles. The lowest BCUT2D eigenvalue weighted by atomic mass is 10.2. The topological polar surface area (TPSA) is 59.0 Å². The fraction of sp³-hybridized carbons (Fsp3) is 0.300. The minimum absolute atomic E-state index is 0.0594. The van der Waals surface area contributed by atoms with Crippen LogP contribution in [0.3, 0.4) is 0 Å². The van der Waals surface area contributed by atoms with Crippen LogP contribution in [0.25, 0.3) is 0 Å². The number of carbonyl (C=O) groups is 1. The first-order valence-corrected chi connectivity index (χ1v) is 4.34. The molecule has 82 valence electrons. The Morgan fingerprint density at radius 3 is 2.80 bits per heavy atom. The number of hydrogen-bond acceptors (Lipinski definition) is 4. The summed E-state index contributed by atoms with van der Waals surface area (Å²) in [5, 5.41) is 9.75. The Hall–Kier alpha value is -1.75. The highest BCUT2D eigenvalue weighted by Crippen LogP contribution is 2.13. The Labute approximate surface area is 87.8 Å². The van der Waals surface area contributed by atoms with Crippen molar-refractivity contribution < 1.29 is 19.5 Å². The molecule has 0 aliphatic rings. The molecule has 1 amide bonds. The van der Waals surface area contributed by atoms with Crippen molar-refractivity contribution in [1.29, 1.82) is 0 Å². The molecule has 0 radical (unpaired) electrons. The summed E-state index contributed by atoms with van der Waals surface area (Å²) in [5.41, 5.74) is 0.752. The van der Waals surface area contributed by atoms with Crippen molar-refractivity contribution in [2.45, 2.75) is 6.54 Å². The lowest BCUT2D eigenvalue weighted by molar-refractivity contribution is -0.0762. The molecule has 1 N–H and O–H groups in total. The zero-order valence-electron chi connectivity index (χ0n) is 8.64. The Bertz CT molecular complexity index is 340. The Balaban J connectivity index is 2.67. The SMILES string of the molecule is COC(=O)N(O)Cc1cccc(OC)c1. The second kappa shape index (κ2) is 5.21. The van der Waals surface area contributed by atoms with Crippen LogP contribution in [0.1, 0.15) is 5.56 Å². The number of hydroxylamine groups is 2. The minimum Gasteiger partial charge on any atom is -0.497 e. The molecule has 1 aromatic rings. The van der Waals surface area contributed by atoms with Gasteiger partial charge >= 0.3 is 6.09 Å². The number of nitrogens with zero attached hydrogens (tertiary/aromatic N) is 1. The highest BCUT2D eigenvalue weighted by molar-refractivity contribution is 5.65. The van der Waals surface area contributed by atoms with Crippen molar-refractivity contribution >= 4 is 6.09 Å². The number of benzene rings is 1. The normalized spacial score (nSPS) is 9.53. The molecule has 0 saturated carbocycles. The van der Waals surface area contributed by atoms with Crippen molar-refractivity contribution in [2.75, 3.05) is 14.2 Å². The molecule has 0 spiro atoms. The highest BCUT2D eigenvalue weighted by Gasteiger charge is 2.10. The second-order valence-electron chi connectivity index (χ2n) is 2.88. The van der Waals surface area contributed by atoms with E-state index in [1.807, 2.05) is 0 Å². The lowest BCUT2D eigenvalue weighted by Gasteiger charge is -2.13. The predicted octanol–water partition coefficient (Wildman–Crippen LogP) is 1.65. The monoisotopic (exact) mass is 211 g/mol. The van der Waals surface area contributed by atoms with Gasteiger partial charge in [-0.25, -0.2) is 4.79 Å². The molecule has 0 aliphatic heterocycles. The minimum atomic E-state index is -0.794. The van der Waals surface area contributed by atoms with Crippen LogP contribution in [0.2, 0.25) is 0 Å². The van der Waals surface area contributed by atoms with Crippen LogP contribution in [0, 0.1) is 0 Å². The van der Waals surface area contributed by atoms with E-state index in [9.17, 15) is 10.0 Å². The van der Waals surface area contributed by atoms with Crippen molar-refractivity contribution in [1.82, 2.24) is 5.06 Å². The quantitative estimate of drug-likeness (QED) is 0.610. The molecule has 15 heavy (non-hydrogen) atoms. The number of hydrogen-bond donors (Lipinski definition) is 1. The van der Waals surface area contributed by atoms with Gasteiger partial charge in [-0.1, -0.05) is 12.1 Å². The van der Waals surface area contributed by atoms with Gasteiger partial charge in [0.15, 0.2) is 0 Å². The molecule has 0 saturated heterocycles. The number of amides is 1. The van der Waals surface area contributed by atoms with Gasteiger partial charge in [0, 0.05) is 0 Å². The number of carbonyl (C=O) groups excluding carboxylic acids is 1. The number of rotatable bonds is 3. The van der Waals surface area contributed by atoms with Gasteiger partial charge in [0.1, 0.15) is 5.75 Å². The van der Waals surface area contributed by atoms with E-state index in [0.29, 0.717) is 10.8 Å². The highest BCUT2D eigenvalue weighted by atomic mass is 16.6. The second-order valence-corrected chi connectivity index (χ2v) is 2.88. The standard InChI is InChI=1S/C10H13NO4/c1-14-9-5-3-4-8(6-9)7-11(13)10(12)15-2/h3-6,13H,7H2,1-2H3. The van der Waals surface area contributed by atoms with Crippen LogP contribution in [0.5, 0.6) is 5.75 Å². The largest absolute Gasteiger partial charge is 0.497 e. The van der Waals surface area contributed by atoms with Crippen molar-refractivity contribution in [3.05, 3.63) is 29.8 Å². The van der Waals surface area contributed by atoms with Gasteiger partial charge in [0.2, 0.25) is 0 Å². The maximum Gasteiger partial charge on any atom is 0.433 e. The summed E-state index contributed by atoms with van der Waals surface area (Å²) < 4.78 is 9.35. The molecule has 0 aromatic heterocycles. The molecule has 5 nitrogen and oxygen atoms in total. The van der Waals surface area contributed by atoms with Crippen LogP contribution in [0.4, 0.5) is 4.79 Å². The maximum absolute atomic E-state index is 10.9. The van der Waals surface area contributed by atoms with Crippen LogP contribution >= 0.6 is 0 Å². The number of ether oxygens (including phenoxy) is 2. The first-order chi connectivity index (χ1) is 7.17. The van der Waals surface area contributed by atoms with E-state index in [4.69, 9.17) is 4.74 Å². The molecule has 0 bridgehead atoms. The molecule has 1 aromatic carbocycles. The van der Waals surface area contributed by atoms with E-state index in [1.54, 1.807) is 31.4 Å². The molecular weight excluding hydrogens is 198 g/mol. The van der Waals surface area contributed by atoms with E-state index in [-0.39, 0.29) is 6.54 Å². The van der Waals surface area contributed by atoms with Gasteiger partial charge in [-0.2, -0.15) is 5.06 Å². The molecule has 0 aliphatic carbocycles. The van der Waals surface area contributed by atoms with E-state index < -0.39 is 6.09 Å². The summed E-state index contributed by atoms with van der Waals surface area (Å²) in [7, 11) is 2.76. The molecule has 0 atom stereocenters. The molecule has 0 fully saturated rings. The van der Waals surface area contributed by atoms with Crippen LogP contribution < -0.4 is 4.74 Å². The Morgan fingerprint density at radius 1 is 1.47 bits per heavy atom. The molecule has 5 heteroatoms. The van der Waals surface area contributed by atoms with Crippen LogP contribution in [-0.4, -0.2) is 30.6 Å². The molecular formula is C10H13NO4. The van der Waals surface area contributed by atoms with Gasteiger partial charge in [0.25, 0.3) is 0 Å². The van der Waals surface area contributed by atoms with Gasteiger partial charge in [-0.05, 0) is 17.7 Å². The third kappa shape index (κ3) is 3.14. The fourth-order valence-corrected chi connectivity index (χ4v) is 1.11. The first kappa shape index (κ1) is 11.3. The van der Waals surface area contributed by atoms with E-state index >= 15 is 0 Å². The Kier molecular flexibility index (Phi) is 3.93. The van der Waals surface area contributed by atoms with Crippen molar-refractivity contribution in [2.24, 2.45) is 0 Å². The van der Waals surface area contributed by atoms with Gasteiger partial charge in [-0.15, -0.1) is 0 Å². The summed E-state index contributed by atoms with van der Waals surface area (Å²) in [6.07, 6.45) is -0.794. The van der Waals surface area contributed by atoms with E-state index in [0.717, 1.165) is 5.56 Å². The summed E-state index contributed by atoms with van der Waals surface area (Å²) in [5.74, 6) is 0.672. The maximum atomic E-state index is 10.9. The third-order valence-corrected chi connectivity index (χ3v) is 1.85. The van der Waals surface area contributed by atoms with Crippen molar-refractivity contribution in [3.63, 3.8) is 0 Å². The zero-order chi connectivity index (χ0) is 11.3. The van der Waals surface area contributed by atoms with Gasteiger partial charge < -0.3 is 9.47 Å². The summed E-state index contributed by atoms with van der Waals surface area (Å²) in [6, 6.07) is 7.06. The van der Waals surface area contributed by atoms with Crippen LogP contribution in [0.15, 0.2) is 24.3 Å². The average Bonchev–Trinajstić information content (AvgIpc) is 2.28. The smallest absolute Gasteiger partial charge is 0.433 e. The molecule has 0 unspecified atom stereocenters. The fourth-order valence-electron chi connectivity index (χ4n) is 1.11. The van der Waals surface area contributed by atoms with E-state index in [1.165, 1.54) is 7.11 Å². The van der Waals surface area contributed by atoms with Gasteiger partial charge in [0.05, 0.1) is 20.8 Å². The lowest BCUT2D eigenvalue weighted by Crippen LogP contribution is -2.26.